The van der Waals surface area contributed by atoms with Gasteiger partial charge in [0.2, 0.25) is 0 Å². The largest absolute Gasteiger partial charge is 0.462 e. The van der Waals surface area contributed by atoms with Gasteiger partial charge in [-0.1, -0.05) is 12.1 Å². The number of carbonyl (C=O) groups excluding carboxylic acids is 1. The molecule has 1 heterocycles. The van der Waals surface area contributed by atoms with Crippen molar-refractivity contribution >= 4 is 33.4 Å². The molecule has 1 aromatic carbocycles. The number of nitrogens with zero attached hydrogens (tertiary/aromatic N) is 2. The first kappa shape index (κ1) is 16.9. The Morgan fingerprint density at radius 1 is 1.30 bits per heavy atom. The molecule has 0 saturated heterocycles. The zero-order valence-electron chi connectivity index (χ0n) is 12.1. The molecule has 0 unspecified atom stereocenters. The fraction of sp³-hybridized carbons (Fsp3) is 0.200. The summed E-state index contributed by atoms with van der Waals surface area (Å²) in [5.74, 6) is 0.152. The van der Waals surface area contributed by atoms with Crippen LogP contribution in [-0.2, 0) is 4.74 Å². The van der Waals surface area contributed by atoms with Crippen LogP contribution < -0.4 is 5.32 Å². The van der Waals surface area contributed by atoms with Crippen molar-refractivity contribution in [3.63, 3.8) is 0 Å². The topological polar surface area (TPSA) is 94.4 Å². The quantitative estimate of drug-likeness (QED) is 0.342. The maximum Gasteiger partial charge on any atom is 0.339 e. The third-order valence-corrected chi connectivity index (χ3v) is 3.60. The van der Waals surface area contributed by atoms with Crippen molar-refractivity contribution < 1.29 is 14.5 Å². The lowest BCUT2D eigenvalue weighted by molar-refractivity contribution is -0.385. The molecule has 7 nitrogen and oxygen atoms in total. The van der Waals surface area contributed by atoms with Gasteiger partial charge in [0.05, 0.1) is 17.1 Å². The Labute approximate surface area is 141 Å². The molecule has 120 valence electrons. The minimum absolute atomic E-state index is 0.0575. The Hall–Kier alpha value is -2.48. The number of carbonyl (C=O) groups is 1. The van der Waals surface area contributed by atoms with Gasteiger partial charge >= 0.3 is 5.97 Å². The monoisotopic (exact) mass is 379 g/mol. The predicted octanol–water partition coefficient (Wildman–Crippen LogP) is 3.41. The van der Waals surface area contributed by atoms with E-state index in [9.17, 15) is 14.9 Å². The molecular weight excluding hydrogens is 366 g/mol. The number of nitro groups is 1. The smallest absolute Gasteiger partial charge is 0.339 e. The standard InChI is InChI=1S/C15H14BrN3O4/c16-13-5-2-1-4-12(13)15(20)23-9-3-8-17-14-7-6-11(10-18-14)19(21)22/h1-2,4-7,10H,3,8-9H2,(H,17,18). The van der Waals surface area contributed by atoms with Gasteiger partial charge in [-0.2, -0.15) is 0 Å². The summed E-state index contributed by atoms with van der Waals surface area (Å²) in [6.45, 7) is 0.800. The highest BCUT2D eigenvalue weighted by Crippen LogP contribution is 2.16. The van der Waals surface area contributed by atoms with Crippen molar-refractivity contribution in [2.24, 2.45) is 0 Å². The molecular formula is C15H14BrN3O4. The molecule has 0 fully saturated rings. The molecule has 0 radical (unpaired) electrons. The van der Waals surface area contributed by atoms with E-state index in [2.05, 4.69) is 26.2 Å². The summed E-state index contributed by atoms with van der Waals surface area (Å²) in [7, 11) is 0. The van der Waals surface area contributed by atoms with Crippen LogP contribution in [0.5, 0.6) is 0 Å². The molecule has 0 amide bonds. The second-order valence-corrected chi connectivity index (χ2v) is 5.41. The number of benzene rings is 1. The highest BCUT2D eigenvalue weighted by Gasteiger charge is 2.10. The molecule has 23 heavy (non-hydrogen) atoms. The van der Waals surface area contributed by atoms with Gasteiger partial charge < -0.3 is 10.1 Å². The summed E-state index contributed by atoms with van der Waals surface area (Å²) in [4.78, 5) is 25.8. The zero-order valence-corrected chi connectivity index (χ0v) is 13.7. The molecule has 0 aliphatic carbocycles. The lowest BCUT2D eigenvalue weighted by Crippen LogP contribution is -2.11. The second-order valence-electron chi connectivity index (χ2n) is 4.55. The van der Waals surface area contributed by atoms with Gasteiger partial charge in [0.1, 0.15) is 12.0 Å². The van der Waals surface area contributed by atoms with E-state index >= 15 is 0 Å². The summed E-state index contributed by atoms with van der Waals surface area (Å²) >= 11 is 3.30. The summed E-state index contributed by atoms with van der Waals surface area (Å²) in [6, 6.07) is 9.96. The van der Waals surface area contributed by atoms with Crippen LogP contribution in [0.3, 0.4) is 0 Å². The molecule has 0 bridgehead atoms. The number of halogens is 1. The number of hydrogen-bond donors (Lipinski definition) is 1. The maximum atomic E-state index is 11.9. The van der Waals surface area contributed by atoms with Gasteiger partial charge in [0, 0.05) is 17.1 Å². The lowest BCUT2D eigenvalue weighted by Gasteiger charge is -2.07. The number of hydrogen-bond acceptors (Lipinski definition) is 6. The first-order chi connectivity index (χ1) is 11.1. The number of ether oxygens (including phenoxy) is 1. The third-order valence-electron chi connectivity index (χ3n) is 2.91. The Morgan fingerprint density at radius 2 is 2.09 bits per heavy atom. The number of anilines is 1. The van der Waals surface area contributed by atoms with Crippen LogP contribution >= 0.6 is 15.9 Å². The van der Waals surface area contributed by atoms with E-state index in [0.717, 1.165) is 0 Å². The van der Waals surface area contributed by atoms with Crippen molar-refractivity contribution in [2.45, 2.75) is 6.42 Å². The molecule has 1 aromatic heterocycles. The zero-order chi connectivity index (χ0) is 16.7. The average Bonchev–Trinajstić information content (AvgIpc) is 2.55. The SMILES string of the molecule is O=C(OCCCNc1ccc([N+](=O)[O-])cn1)c1ccccc1Br. The first-order valence-corrected chi connectivity index (χ1v) is 7.63. The van der Waals surface area contributed by atoms with Gasteiger partial charge in [-0.15, -0.1) is 0 Å². The predicted molar refractivity (Wildman–Crippen MR) is 88.4 cm³/mol. The summed E-state index contributed by atoms with van der Waals surface area (Å²) in [5, 5.41) is 13.5. The highest BCUT2D eigenvalue weighted by molar-refractivity contribution is 9.10. The first-order valence-electron chi connectivity index (χ1n) is 6.84. The minimum Gasteiger partial charge on any atom is -0.462 e. The summed E-state index contributed by atoms with van der Waals surface area (Å²) < 4.78 is 5.87. The molecule has 0 aliphatic rings. The number of aromatic nitrogens is 1. The van der Waals surface area contributed by atoms with E-state index in [4.69, 9.17) is 4.74 Å². The van der Waals surface area contributed by atoms with E-state index in [-0.39, 0.29) is 18.3 Å². The van der Waals surface area contributed by atoms with Crippen LogP contribution in [0.2, 0.25) is 0 Å². The van der Waals surface area contributed by atoms with Gasteiger partial charge in [0.15, 0.2) is 0 Å². The van der Waals surface area contributed by atoms with Crippen LogP contribution in [0.25, 0.3) is 0 Å². The molecule has 8 heteroatoms. The van der Waals surface area contributed by atoms with Crippen molar-refractivity contribution in [2.75, 3.05) is 18.5 Å². The van der Waals surface area contributed by atoms with Crippen molar-refractivity contribution in [3.05, 3.63) is 62.7 Å². The van der Waals surface area contributed by atoms with E-state index in [0.29, 0.717) is 28.8 Å². The van der Waals surface area contributed by atoms with E-state index in [1.54, 1.807) is 18.2 Å². The van der Waals surface area contributed by atoms with Gasteiger partial charge in [0.25, 0.3) is 5.69 Å². The Bertz CT molecular complexity index is 691. The minimum atomic E-state index is -0.502. The molecule has 1 N–H and O–H groups in total. The molecule has 2 aromatic rings. The molecule has 0 saturated carbocycles. The van der Waals surface area contributed by atoms with Crippen molar-refractivity contribution in [3.8, 4) is 0 Å². The van der Waals surface area contributed by atoms with Crippen LogP contribution in [0.1, 0.15) is 16.8 Å². The Morgan fingerprint density at radius 3 is 2.74 bits per heavy atom. The highest BCUT2D eigenvalue weighted by atomic mass is 79.9. The van der Waals surface area contributed by atoms with Gasteiger partial charge in [-0.3, -0.25) is 10.1 Å². The van der Waals surface area contributed by atoms with Gasteiger partial charge in [-0.25, -0.2) is 9.78 Å². The van der Waals surface area contributed by atoms with Crippen molar-refractivity contribution in [1.82, 2.24) is 4.98 Å². The molecule has 0 aliphatic heterocycles. The normalized spacial score (nSPS) is 10.1. The lowest BCUT2D eigenvalue weighted by atomic mass is 10.2. The number of rotatable bonds is 7. The van der Waals surface area contributed by atoms with Crippen LogP contribution in [0.15, 0.2) is 47.1 Å². The second kappa shape index (κ2) is 8.23. The summed E-state index contributed by atoms with van der Waals surface area (Å²) in [5.41, 5.74) is 0.426. The number of esters is 1. The molecule has 2 rings (SSSR count). The van der Waals surface area contributed by atoms with Crippen LogP contribution in [-0.4, -0.2) is 29.0 Å². The summed E-state index contributed by atoms with van der Waals surface area (Å²) in [6.07, 6.45) is 1.78. The molecule has 0 atom stereocenters. The van der Waals surface area contributed by atoms with E-state index in [1.807, 2.05) is 6.07 Å². The fourth-order valence-corrected chi connectivity index (χ4v) is 2.20. The Kier molecular flexibility index (Phi) is 6.04. The third kappa shape index (κ3) is 5.03. The van der Waals surface area contributed by atoms with Gasteiger partial charge in [-0.05, 0) is 40.5 Å². The average molecular weight is 380 g/mol. The van der Waals surface area contributed by atoms with E-state index < -0.39 is 4.92 Å². The number of pyridine rings is 1. The van der Waals surface area contributed by atoms with Crippen LogP contribution in [0.4, 0.5) is 11.5 Å². The fourth-order valence-electron chi connectivity index (χ4n) is 1.76. The number of nitrogens with one attached hydrogen (secondary N) is 1. The Balaban J connectivity index is 1.70. The maximum absolute atomic E-state index is 11.9. The molecule has 0 spiro atoms. The van der Waals surface area contributed by atoms with Crippen LogP contribution in [0, 0.1) is 10.1 Å². The van der Waals surface area contributed by atoms with Crippen molar-refractivity contribution in [1.29, 1.82) is 0 Å². The van der Waals surface area contributed by atoms with E-state index in [1.165, 1.54) is 18.3 Å².